The van der Waals surface area contributed by atoms with Crippen molar-refractivity contribution in [3.05, 3.63) is 47.5 Å². The predicted molar refractivity (Wildman–Crippen MR) is 110 cm³/mol. The highest BCUT2D eigenvalue weighted by Gasteiger charge is 2.45. The van der Waals surface area contributed by atoms with Crippen LogP contribution in [-0.4, -0.2) is 56.6 Å². The summed E-state index contributed by atoms with van der Waals surface area (Å²) in [6, 6.07) is 10.5. The Morgan fingerprint density at radius 1 is 1.00 bits per heavy atom. The number of fused-ring (bicyclic) bond motifs is 1. The summed E-state index contributed by atoms with van der Waals surface area (Å²) < 4.78 is 22.3. The minimum Gasteiger partial charge on any atom is -0.497 e. The number of ether oxygens (including phenoxy) is 4. The van der Waals surface area contributed by atoms with Gasteiger partial charge < -0.3 is 23.8 Å². The van der Waals surface area contributed by atoms with Crippen LogP contribution < -0.4 is 18.9 Å². The fourth-order valence-electron chi connectivity index (χ4n) is 4.19. The molecule has 0 radical (unpaired) electrons. The van der Waals surface area contributed by atoms with Crippen LogP contribution in [0, 0.1) is 0 Å². The van der Waals surface area contributed by atoms with E-state index in [0.29, 0.717) is 60.1 Å². The molecule has 158 valence electrons. The molecule has 1 fully saturated rings. The summed E-state index contributed by atoms with van der Waals surface area (Å²) >= 11 is 0. The van der Waals surface area contributed by atoms with E-state index >= 15 is 0 Å². The quantitative estimate of drug-likeness (QED) is 0.768. The fourth-order valence-corrected chi connectivity index (χ4v) is 4.19. The summed E-state index contributed by atoms with van der Waals surface area (Å²) in [5.41, 5.74) is 0.427. The standard InChI is InChI=1S/C23H25NO6/c1-27-16-6-4-5-15(11-16)22(26)24-9-7-23(8-10-24)14-18(25)21-19(29-3)12-17(28-2)13-20(21)30-23/h4-6,11-13H,7-10,14H2,1-3H3. The molecular formula is C23H25NO6. The van der Waals surface area contributed by atoms with Crippen LogP contribution in [0.25, 0.3) is 0 Å². The molecule has 2 aliphatic rings. The lowest BCUT2D eigenvalue weighted by atomic mass is 9.82. The smallest absolute Gasteiger partial charge is 0.253 e. The number of Topliss-reactive ketones (excluding diaryl/α,β-unsaturated/α-hetero) is 1. The highest BCUT2D eigenvalue weighted by atomic mass is 16.5. The van der Waals surface area contributed by atoms with Crippen molar-refractivity contribution in [2.45, 2.75) is 24.9 Å². The van der Waals surface area contributed by atoms with Gasteiger partial charge in [-0.05, 0) is 18.2 Å². The Kier molecular flexibility index (Phi) is 5.28. The Balaban J connectivity index is 1.52. The maximum atomic E-state index is 13.0. The third-order valence-electron chi connectivity index (χ3n) is 5.86. The number of piperidine rings is 1. The number of carbonyl (C=O) groups is 2. The molecule has 2 aromatic carbocycles. The van der Waals surface area contributed by atoms with Crippen molar-refractivity contribution >= 4 is 11.7 Å². The van der Waals surface area contributed by atoms with Gasteiger partial charge in [-0.3, -0.25) is 9.59 Å². The lowest BCUT2D eigenvalue weighted by molar-refractivity contribution is -0.00611. The SMILES string of the molecule is COc1cccc(C(=O)N2CCC3(CC2)CC(=O)c2c(OC)cc(OC)cc2O3)c1. The average molecular weight is 411 g/mol. The lowest BCUT2D eigenvalue weighted by Gasteiger charge is -2.44. The highest BCUT2D eigenvalue weighted by Crippen LogP contribution is 2.44. The van der Waals surface area contributed by atoms with Crippen molar-refractivity contribution in [3.63, 3.8) is 0 Å². The van der Waals surface area contributed by atoms with E-state index in [1.54, 1.807) is 49.5 Å². The van der Waals surface area contributed by atoms with Crippen molar-refractivity contribution in [1.82, 2.24) is 4.90 Å². The number of likely N-dealkylation sites (tertiary alicyclic amines) is 1. The topological polar surface area (TPSA) is 74.3 Å². The van der Waals surface area contributed by atoms with Crippen LogP contribution in [0.3, 0.4) is 0 Å². The second-order valence-corrected chi connectivity index (χ2v) is 7.61. The molecule has 0 unspecified atom stereocenters. The maximum absolute atomic E-state index is 13.0. The van der Waals surface area contributed by atoms with E-state index in [2.05, 4.69) is 0 Å². The lowest BCUT2D eigenvalue weighted by Crippen LogP contribution is -2.52. The number of rotatable bonds is 4. The molecule has 2 aliphatic heterocycles. The largest absolute Gasteiger partial charge is 0.497 e. The van der Waals surface area contributed by atoms with Gasteiger partial charge in [0.2, 0.25) is 0 Å². The number of carbonyl (C=O) groups excluding carboxylic acids is 2. The first kappa shape index (κ1) is 20.1. The molecule has 0 saturated carbocycles. The molecule has 2 aromatic rings. The number of nitrogens with zero attached hydrogens (tertiary/aromatic N) is 1. The molecule has 2 heterocycles. The average Bonchev–Trinajstić information content (AvgIpc) is 2.78. The Morgan fingerprint density at radius 3 is 2.40 bits per heavy atom. The molecule has 1 spiro atoms. The number of methoxy groups -OCH3 is 3. The van der Waals surface area contributed by atoms with Gasteiger partial charge in [0.15, 0.2) is 5.78 Å². The Bertz CT molecular complexity index is 978. The third-order valence-corrected chi connectivity index (χ3v) is 5.86. The first-order chi connectivity index (χ1) is 14.5. The zero-order valence-corrected chi connectivity index (χ0v) is 17.4. The van der Waals surface area contributed by atoms with E-state index < -0.39 is 5.60 Å². The number of amides is 1. The molecule has 7 nitrogen and oxygen atoms in total. The minimum absolute atomic E-state index is 0.0108. The van der Waals surface area contributed by atoms with E-state index in [4.69, 9.17) is 18.9 Å². The molecule has 0 aliphatic carbocycles. The Morgan fingerprint density at radius 2 is 1.73 bits per heavy atom. The third kappa shape index (κ3) is 3.56. The second-order valence-electron chi connectivity index (χ2n) is 7.61. The summed E-state index contributed by atoms with van der Waals surface area (Å²) in [5, 5.41) is 0. The molecule has 1 amide bonds. The summed E-state index contributed by atoms with van der Waals surface area (Å²) in [6.07, 6.45) is 1.42. The molecule has 0 bridgehead atoms. The second kappa shape index (κ2) is 7.89. The number of benzene rings is 2. The van der Waals surface area contributed by atoms with Crippen LogP contribution in [0.1, 0.15) is 40.0 Å². The summed E-state index contributed by atoms with van der Waals surface area (Å²) in [6.45, 7) is 1.03. The van der Waals surface area contributed by atoms with Crippen LogP contribution in [-0.2, 0) is 0 Å². The zero-order valence-electron chi connectivity index (χ0n) is 17.4. The highest BCUT2D eigenvalue weighted by molar-refractivity contribution is 6.03. The van der Waals surface area contributed by atoms with Gasteiger partial charge in [0.05, 0.1) is 27.8 Å². The van der Waals surface area contributed by atoms with Crippen LogP contribution in [0.4, 0.5) is 0 Å². The van der Waals surface area contributed by atoms with Gasteiger partial charge in [0, 0.05) is 43.6 Å². The molecule has 7 heteroatoms. The summed E-state index contributed by atoms with van der Waals surface area (Å²) in [4.78, 5) is 27.6. The van der Waals surface area contributed by atoms with Crippen LogP contribution in [0.5, 0.6) is 23.0 Å². The number of ketones is 1. The molecule has 4 rings (SSSR count). The van der Waals surface area contributed by atoms with E-state index in [9.17, 15) is 9.59 Å². The molecule has 1 saturated heterocycles. The first-order valence-corrected chi connectivity index (χ1v) is 9.90. The van der Waals surface area contributed by atoms with Crippen molar-refractivity contribution in [3.8, 4) is 23.0 Å². The van der Waals surface area contributed by atoms with E-state index in [-0.39, 0.29) is 18.1 Å². The number of hydrogen-bond acceptors (Lipinski definition) is 6. The van der Waals surface area contributed by atoms with Crippen LogP contribution in [0.15, 0.2) is 36.4 Å². The molecular weight excluding hydrogens is 386 g/mol. The van der Waals surface area contributed by atoms with E-state index in [1.165, 1.54) is 7.11 Å². The predicted octanol–water partition coefficient (Wildman–Crippen LogP) is 3.35. The number of hydrogen-bond donors (Lipinski definition) is 0. The van der Waals surface area contributed by atoms with E-state index in [0.717, 1.165) is 0 Å². The van der Waals surface area contributed by atoms with Crippen LogP contribution in [0.2, 0.25) is 0 Å². The van der Waals surface area contributed by atoms with Crippen molar-refractivity contribution in [1.29, 1.82) is 0 Å². The van der Waals surface area contributed by atoms with Crippen molar-refractivity contribution in [2.75, 3.05) is 34.4 Å². The monoisotopic (exact) mass is 411 g/mol. The fraction of sp³-hybridized carbons (Fsp3) is 0.391. The first-order valence-electron chi connectivity index (χ1n) is 9.90. The Labute approximate surface area is 175 Å². The maximum Gasteiger partial charge on any atom is 0.253 e. The van der Waals surface area contributed by atoms with Crippen molar-refractivity contribution < 1.29 is 28.5 Å². The van der Waals surface area contributed by atoms with Gasteiger partial charge in [-0.25, -0.2) is 0 Å². The zero-order chi connectivity index (χ0) is 21.3. The van der Waals surface area contributed by atoms with Gasteiger partial charge in [-0.1, -0.05) is 6.07 Å². The minimum atomic E-state index is -0.618. The van der Waals surface area contributed by atoms with Crippen LogP contribution >= 0.6 is 0 Å². The van der Waals surface area contributed by atoms with E-state index in [1.807, 2.05) is 6.07 Å². The normalized spacial score (nSPS) is 17.2. The Hall–Kier alpha value is -3.22. The van der Waals surface area contributed by atoms with Gasteiger partial charge >= 0.3 is 0 Å². The molecule has 0 atom stereocenters. The van der Waals surface area contributed by atoms with Gasteiger partial charge in [0.1, 0.15) is 34.2 Å². The molecule has 30 heavy (non-hydrogen) atoms. The summed E-state index contributed by atoms with van der Waals surface area (Å²) in [5.74, 6) is 2.10. The van der Waals surface area contributed by atoms with Gasteiger partial charge in [-0.15, -0.1) is 0 Å². The van der Waals surface area contributed by atoms with Gasteiger partial charge in [-0.2, -0.15) is 0 Å². The van der Waals surface area contributed by atoms with Gasteiger partial charge in [0.25, 0.3) is 5.91 Å². The molecule has 0 aromatic heterocycles. The summed E-state index contributed by atoms with van der Waals surface area (Å²) in [7, 11) is 4.66. The van der Waals surface area contributed by atoms with Crippen molar-refractivity contribution in [2.24, 2.45) is 0 Å². The molecule has 0 N–H and O–H groups in total.